The van der Waals surface area contributed by atoms with E-state index in [0.29, 0.717) is 13.0 Å². The Hall–Kier alpha value is -0.650. The maximum absolute atomic E-state index is 12.9. The van der Waals surface area contributed by atoms with Crippen LogP contribution >= 0.6 is 15.9 Å². The van der Waals surface area contributed by atoms with Gasteiger partial charge in [-0.3, -0.25) is 0 Å². The molecule has 84 valence electrons. The molecule has 0 aliphatic carbocycles. The largest absolute Gasteiger partial charge is 0.416 e. The average Bonchev–Trinajstić information content (AvgIpc) is 2.00. The molecule has 0 saturated heterocycles. The highest BCUT2D eigenvalue weighted by Crippen LogP contribution is 2.40. The van der Waals surface area contributed by atoms with E-state index in [-0.39, 0.29) is 4.47 Å². The van der Waals surface area contributed by atoms with Gasteiger partial charge >= 0.3 is 6.18 Å². The quantitative estimate of drug-likeness (QED) is 0.664. The molecule has 0 nitrogen and oxygen atoms in total. The second-order valence-electron chi connectivity index (χ2n) is 3.08. The minimum atomic E-state index is -4.78. The van der Waals surface area contributed by atoms with E-state index in [9.17, 15) is 22.0 Å². The zero-order valence-electron chi connectivity index (χ0n) is 7.50. The van der Waals surface area contributed by atoms with E-state index in [1.165, 1.54) is 0 Å². The van der Waals surface area contributed by atoms with Crippen molar-refractivity contribution < 1.29 is 22.0 Å². The van der Waals surface area contributed by atoms with Crippen LogP contribution in [0.3, 0.4) is 0 Å². The number of benzene rings is 1. The predicted molar refractivity (Wildman–Crippen MR) is 48.7 cm³/mol. The van der Waals surface area contributed by atoms with Crippen LogP contribution < -0.4 is 0 Å². The molecule has 0 radical (unpaired) electrons. The van der Waals surface area contributed by atoms with Gasteiger partial charge < -0.3 is 0 Å². The van der Waals surface area contributed by atoms with Gasteiger partial charge in [-0.15, -0.1) is 0 Å². The SMILES string of the molecule is CC(F)(F)c1ccc(Br)cc1C(F)(F)F. The molecule has 15 heavy (non-hydrogen) atoms. The van der Waals surface area contributed by atoms with Crippen molar-refractivity contribution in [2.45, 2.75) is 19.0 Å². The third-order valence-electron chi connectivity index (χ3n) is 1.76. The van der Waals surface area contributed by atoms with Crippen LogP contribution in [-0.4, -0.2) is 0 Å². The molecule has 0 aliphatic rings. The Morgan fingerprint density at radius 3 is 1.93 bits per heavy atom. The molecule has 1 rings (SSSR count). The lowest BCUT2D eigenvalue weighted by molar-refractivity contribution is -0.141. The fraction of sp³-hybridized carbons (Fsp3) is 0.333. The van der Waals surface area contributed by atoms with Crippen molar-refractivity contribution in [2.75, 3.05) is 0 Å². The van der Waals surface area contributed by atoms with E-state index >= 15 is 0 Å². The lowest BCUT2D eigenvalue weighted by atomic mass is 10.0. The summed E-state index contributed by atoms with van der Waals surface area (Å²) in [5.74, 6) is -3.51. The van der Waals surface area contributed by atoms with Gasteiger partial charge in [0.1, 0.15) is 0 Å². The highest BCUT2D eigenvalue weighted by Gasteiger charge is 2.39. The number of hydrogen-bond acceptors (Lipinski definition) is 0. The summed E-state index contributed by atoms with van der Waals surface area (Å²) >= 11 is 2.81. The fourth-order valence-corrected chi connectivity index (χ4v) is 1.49. The number of rotatable bonds is 1. The van der Waals surface area contributed by atoms with Gasteiger partial charge in [-0.05, 0) is 12.1 Å². The van der Waals surface area contributed by atoms with Crippen molar-refractivity contribution in [2.24, 2.45) is 0 Å². The van der Waals surface area contributed by atoms with Gasteiger partial charge in [0.2, 0.25) is 0 Å². The Morgan fingerprint density at radius 2 is 1.53 bits per heavy atom. The first kappa shape index (κ1) is 12.4. The molecule has 0 amide bonds. The third-order valence-corrected chi connectivity index (χ3v) is 2.25. The molecule has 1 aromatic rings. The molecule has 0 atom stereocenters. The molecular formula is C9H6BrF5. The number of alkyl halides is 5. The predicted octanol–water partition coefficient (Wildman–Crippen LogP) is 4.58. The minimum Gasteiger partial charge on any atom is -0.202 e. The fourth-order valence-electron chi connectivity index (χ4n) is 1.13. The average molecular weight is 289 g/mol. The molecule has 0 bridgehead atoms. The van der Waals surface area contributed by atoms with Crippen molar-refractivity contribution in [3.63, 3.8) is 0 Å². The van der Waals surface area contributed by atoms with Crippen molar-refractivity contribution in [3.05, 3.63) is 33.8 Å². The highest BCUT2D eigenvalue weighted by atomic mass is 79.9. The van der Waals surface area contributed by atoms with Crippen LogP contribution in [0.5, 0.6) is 0 Å². The molecule has 0 heterocycles. The van der Waals surface area contributed by atoms with E-state index in [4.69, 9.17) is 0 Å². The lowest BCUT2D eigenvalue weighted by Crippen LogP contribution is -2.17. The number of halogens is 6. The summed E-state index contributed by atoms with van der Waals surface area (Å²) in [6, 6.07) is 2.57. The summed E-state index contributed by atoms with van der Waals surface area (Å²) in [6.45, 7) is 0.436. The summed E-state index contributed by atoms with van der Waals surface area (Å²) in [5.41, 5.74) is -2.33. The molecule has 0 N–H and O–H groups in total. The standard InChI is InChI=1S/C9H6BrF5/c1-8(11,12)6-3-2-5(10)4-7(6)9(13,14)15/h2-4H,1H3. The van der Waals surface area contributed by atoms with E-state index in [2.05, 4.69) is 15.9 Å². The highest BCUT2D eigenvalue weighted by molar-refractivity contribution is 9.10. The zero-order chi connectivity index (χ0) is 11.9. The van der Waals surface area contributed by atoms with Crippen LogP contribution in [0.4, 0.5) is 22.0 Å². The summed E-state index contributed by atoms with van der Waals surface area (Å²) < 4.78 is 63.1. The first-order chi connectivity index (χ1) is 6.62. The van der Waals surface area contributed by atoms with Gasteiger partial charge in [0.15, 0.2) is 0 Å². The van der Waals surface area contributed by atoms with Crippen molar-refractivity contribution >= 4 is 15.9 Å². The molecule has 1 aromatic carbocycles. The van der Waals surface area contributed by atoms with Gasteiger partial charge in [-0.1, -0.05) is 22.0 Å². The Labute approximate surface area is 91.2 Å². The first-order valence-corrected chi connectivity index (χ1v) is 4.66. The normalized spacial score (nSPS) is 13.0. The van der Waals surface area contributed by atoms with Crippen LogP contribution in [0.15, 0.2) is 22.7 Å². The molecule has 0 fully saturated rings. The van der Waals surface area contributed by atoms with Crippen molar-refractivity contribution in [1.82, 2.24) is 0 Å². The van der Waals surface area contributed by atoms with Crippen LogP contribution in [0.25, 0.3) is 0 Å². The smallest absolute Gasteiger partial charge is 0.202 e. The maximum Gasteiger partial charge on any atom is 0.416 e. The first-order valence-electron chi connectivity index (χ1n) is 3.87. The van der Waals surface area contributed by atoms with Gasteiger partial charge in [0, 0.05) is 17.0 Å². The molecule has 0 saturated carbocycles. The van der Waals surface area contributed by atoms with E-state index < -0.39 is 23.2 Å². The Kier molecular flexibility index (Phi) is 3.09. The van der Waals surface area contributed by atoms with Crippen LogP contribution in [-0.2, 0) is 12.1 Å². The summed E-state index contributed by atoms with van der Waals surface area (Å²) in [6.07, 6.45) is -4.78. The Balaban J connectivity index is 3.41. The van der Waals surface area contributed by atoms with E-state index in [0.717, 1.165) is 12.1 Å². The topological polar surface area (TPSA) is 0 Å². The van der Waals surface area contributed by atoms with Crippen LogP contribution in [0.2, 0.25) is 0 Å². The van der Waals surface area contributed by atoms with Gasteiger partial charge in [0.05, 0.1) is 5.56 Å². The zero-order valence-corrected chi connectivity index (χ0v) is 9.09. The summed E-state index contributed by atoms with van der Waals surface area (Å²) in [7, 11) is 0. The van der Waals surface area contributed by atoms with E-state index in [1.54, 1.807) is 0 Å². The Bertz CT molecular complexity index is 364. The second-order valence-corrected chi connectivity index (χ2v) is 3.99. The molecular weight excluding hydrogens is 283 g/mol. The van der Waals surface area contributed by atoms with Crippen molar-refractivity contribution in [1.29, 1.82) is 0 Å². The molecule has 0 spiro atoms. The third kappa shape index (κ3) is 2.90. The molecule has 6 heteroatoms. The number of hydrogen-bond donors (Lipinski definition) is 0. The second kappa shape index (κ2) is 3.73. The minimum absolute atomic E-state index is 0.114. The van der Waals surface area contributed by atoms with Gasteiger partial charge in [0.25, 0.3) is 5.92 Å². The van der Waals surface area contributed by atoms with Crippen LogP contribution in [0.1, 0.15) is 18.1 Å². The monoisotopic (exact) mass is 288 g/mol. The molecule has 0 aliphatic heterocycles. The Morgan fingerprint density at radius 1 is 1.00 bits per heavy atom. The summed E-state index contributed by atoms with van der Waals surface area (Å²) in [4.78, 5) is 0. The van der Waals surface area contributed by atoms with Crippen LogP contribution in [0, 0.1) is 0 Å². The van der Waals surface area contributed by atoms with Gasteiger partial charge in [-0.2, -0.15) is 13.2 Å². The van der Waals surface area contributed by atoms with Gasteiger partial charge in [-0.25, -0.2) is 8.78 Å². The van der Waals surface area contributed by atoms with Crippen molar-refractivity contribution in [3.8, 4) is 0 Å². The lowest BCUT2D eigenvalue weighted by Gasteiger charge is -2.17. The maximum atomic E-state index is 12.9. The molecule has 0 aromatic heterocycles. The molecule has 0 unspecified atom stereocenters. The summed E-state index contributed by atoms with van der Waals surface area (Å²) in [5, 5.41) is 0. The van der Waals surface area contributed by atoms with E-state index in [1.807, 2.05) is 0 Å².